The monoisotopic (exact) mass is 619 g/mol. The normalized spacial score (nSPS) is 12.4. The van der Waals surface area contributed by atoms with E-state index in [0.29, 0.717) is 12.8 Å². The standard InChI is InChI=1S/C40H74O4/c1-3-5-6-7-8-9-10-11-12-13-14-15-16-17-18-19-20-24-27-30-33-37-40(43)44-38(34-4-2)35-31-28-25-22-21-23-26-29-32-36-39(41)42/h8-9,11-12,38H,3-7,10,13-37H2,1-2H3,(H,41,42)/b9-8-,12-11-. The first-order chi connectivity index (χ1) is 21.6. The summed E-state index contributed by atoms with van der Waals surface area (Å²) in [5, 5.41) is 8.67. The van der Waals surface area contributed by atoms with Crippen molar-refractivity contribution in [3.8, 4) is 0 Å². The number of hydrogen-bond acceptors (Lipinski definition) is 3. The molecule has 0 heterocycles. The molecular formula is C40H74O4. The van der Waals surface area contributed by atoms with Gasteiger partial charge in [0.25, 0.3) is 0 Å². The summed E-state index contributed by atoms with van der Waals surface area (Å²) in [7, 11) is 0. The summed E-state index contributed by atoms with van der Waals surface area (Å²) in [6, 6.07) is 0. The topological polar surface area (TPSA) is 63.6 Å². The average molecular weight is 619 g/mol. The number of carboxylic acids is 1. The molecule has 1 N–H and O–H groups in total. The van der Waals surface area contributed by atoms with Crippen molar-refractivity contribution in [2.45, 2.75) is 219 Å². The minimum atomic E-state index is -0.680. The fraction of sp³-hybridized carbons (Fsp3) is 0.850. The maximum Gasteiger partial charge on any atom is 0.306 e. The highest BCUT2D eigenvalue weighted by Gasteiger charge is 2.13. The summed E-state index contributed by atoms with van der Waals surface area (Å²) in [5.74, 6) is -0.669. The first kappa shape index (κ1) is 42.4. The highest BCUT2D eigenvalue weighted by molar-refractivity contribution is 5.69. The zero-order valence-electron chi connectivity index (χ0n) is 29.5. The molecule has 0 bridgehead atoms. The Bertz CT molecular complexity index is 668. The van der Waals surface area contributed by atoms with E-state index in [0.717, 1.165) is 64.2 Å². The minimum Gasteiger partial charge on any atom is -0.481 e. The zero-order valence-corrected chi connectivity index (χ0v) is 29.5. The number of unbranched alkanes of at least 4 members (excludes halogenated alkanes) is 22. The van der Waals surface area contributed by atoms with Crippen LogP contribution in [0, 0.1) is 0 Å². The number of rotatable bonds is 35. The van der Waals surface area contributed by atoms with Crippen LogP contribution in [0.1, 0.15) is 213 Å². The van der Waals surface area contributed by atoms with E-state index in [4.69, 9.17) is 9.84 Å². The van der Waals surface area contributed by atoms with Gasteiger partial charge in [-0.15, -0.1) is 0 Å². The smallest absolute Gasteiger partial charge is 0.306 e. The number of carbonyl (C=O) groups excluding carboxylic acids is 1. The van der Waals surface area contributed by atoms with Gasteiger partial charge < -0.3 is 9.84 Å². The van der Waals surface area contributed by atoms with Gasteiger partial charge in [0, 0.05) is 12.8 Å². The summed E-state index contributed by atoms with van der Waals surface area (Å²) < 4.78 is 5.85. The van der Waals surface area contributed by atoms with Crippen LogP contribution in [0.4, 0.5) is 0 Å². The van der Waals surface area contributed by atoms with E-state index in [-0.39, 0.29) is 12.1 Å². The first-order valence-corrected chi connectivity index (χ1v) is 19.3. The van der Waals surface area contributed by atoms with E-state index in [1.54, 1.807) is 0 Å². The van der Waals surface area contributed by atoms with Gasteiger partial charge in [0.2, 0.25) is 0 Å². The molecule has 258 valence electrons. The third-order valence-electron chi connectivity index (χ3n) is 8.66. The molecule has 0 aromatic carbocycles. The zero-order chi connectivity index (χ0) is 32.2. The Labute approximate surface area is 274 Å². The van der Waals surface area contributed by atoms with Crippen molar-refractivity contribution in [2.75, 3.05) is 0 Å². The summed E-state index contributed by atoms with van der Waals surface area (Å²) >= 11 is 0. The van der Waals surface area contributed by atoms with E-state index in [1.165, 1.54) is 122 Å². The van der Waals surface area contributed by atoms with E-state index in [1.807, 2.05) is 0 Å². The van der Waals surface area contributed by atoms with Gasteiger partial charge in [-0.05, 0) is 64.2 Å². The Hall–Kier alpha value is -1.58. The third-order valence-corrected chi connectivity index (χ3v) is 8.66. The van der Waals surface area contributed by atoms with Gasteiger partial charge in [-0.1, -0.05) is 160 Å². The van der Waals surface area contributed by atoms with Gasteiger partial charge in [-0.3, -0.25) is 9.59 Å². The molecule has 0 radical (unpaired) electrons. The van der Waals surface area contributed by atoms with Crippen LogP contribution in [0.5, 0.6) is 0 Å². The second-order valence-corrected chi connectivity index (χ2v) is 13.1. The lowest BCUT2D eigenvalue weighted by Crippen LogP contribution is -2.18. The number of carboxylic acid groups (broad SMARTS) is 1. The molecule has 1 unspecified atom stereocenters. The van der Waals surface area contributed by atoms with Gasteiger partial charge in [-0.25, -0.2) is 0 Å². The molecule has 0 saturated carbocycles. The van der Waals surface area contributed by atoms with Gasteiger partial charge in [0.05, 0.1) is 0 Å². The Balaban J connectivity index is 3.51. The van der Waals surface area contributed by atoms with Crippen LogP contribution in [0.2, 0.25) is 0 Å². The minimum absolute atomic E-state index is 0.0106. The molecule has 0 saturated heterocycles. The number of aliphatic carboxylic acids is 1. The Kier molecular flexibility index (Phi) is 34.6. The maximum absolute atomic E-state index is 12.4. The predicted octanol–water partition coefficient (Wildman–Crippen LogP) is 13.2. The lowest BCUT2D eigenvalue weighted by molar-refractivity contribution is -0.150. The van der Waals surface area contributed by atoms with Crippen molar-refractivity contribution < 1.29 is 19.4 Å². The van der Waals surface area contributed by atoms with Crippen molar-refractivity contribution in [3.63, 3.8) is 0 Å². The predicted molar refractivity (Wildman–Crippen MR) is 190 cm³/mol. The van der Waals surface area contributed by atoms with Crippen LogP contribution in [0.15, 0.2) is 24.3 Å². The van der Waals surface area contributed by atoms with Crippen molar-refractivity contribution in [3.05, 3.63) is 24.3 Å². The van der Waals surface area contributed by atoms with E-state index in [9.17, 15) is 9.59 Å². The largest absolute Gasteiger partial charge is 0.481 e. The first-order valence-electron chi connectivity index (χ1n) is 19.3. The van der Waals surface area contributed by atoms with Crippen LogP contribution in [-0.2, 0) is 14.3 Å². The van der Waals surface area contributed by atoms with Crippen LogP contribution in [0.25, 0.3) is 0 Å². The average Bonchev–Trinajstić information content (AvgIpc) is 3.00. The van der Waals surface area contributed by atoms with Gasteiger partial charge in [0.15, 0.2) is 0 Å². The Morgan fingerprint density at radius 2 is 0.932 bits per heavy atom. The van der Waals surface area contributed by atoms with Gasteiger partial charge in [0.1, 0.15) is 6.10 Å². The molecule has 0 aromatic rings. The fourth-order valence-electron chi connectivity index (χ4n) is 5.86. The highest BCUT2D eigenvalue weighted by atomic mass is 16.5. The maximum atomic E-state index is 12.4. The van der Waals surface area contributed by atoms with Gasteiger partial charge in [-0.2, -0.15) is 0 Å². The fourth-order valence-corrected chi connectivity index (χ4v) is 5.86. The molecule has 0 spiro atoms. The molecule has 0 aromatic heterocycles. The van der Waals surface area contributed by atoms with Crippen LogP contribution >= 0.6 is 0 Å². The van der Waals surface area contributed by atoms with Crippen LogP contribution in [-0.4, -0.2) is 23.1 Å². The lowest BCUT2D eigenvalue weighted by atomic mass is 10.0. The number of hydrogen-bond donors (Lipinski definition) is 1. The number of carbonyl (C=O) groups is 2. The molecule has 0 aliphatic heterocycles. The summed E-state index contributed by atoms with van der Waals surface area (Å²) in [6.07, 6.45) is 45.5. The SMILES string of the molecule is CCCCC/C=C\C/C=C\CCCCCCCCCCCCCC(=O)OC(CCC)CCCCCCCCCCCC(=O)O. The second-order valence-electron chi connectivity index (χ2n) is 13.1. The molecular weight excluding hydrogens is 544 g/mol. The molecule has 0 aliphatic carbocycles. The van der Waals surface area contributed by atoms with Gasteiger partial charge >= 0.3 is 11.9 Å². The van der Waals surface area contributed by atoms with Crippen molar-refractivity contribution in [1.29, 1.82) is 0 Å². The van der Waals surface area contributed by atoms with Crippen molar-refractivity contribution >= 4 is 11.9 Å². The molecule has 1 atom stereocenters. The highest BCUT2D eigenvalue weighted by Crippen LogP contribution is 2.17. The molecule has 0 rings (SSSR count). The summed E-state index contributed by atoms with van der Waals surface area (Å²) in [5.41, 5.74) is 0. The second kappa shape index (κ2) is 35.9. The molecule has 0 fully saturated rings. The summed E-state index contributed by atoms with van der Waals surface area (Å²) in [4.78, 5) is 22.9. The van der Waals surface area contributed by atoms with Crippen LogP contribution in [0.3, 0.4) is 0 Å². The van der Waals surface area contributed by atoms with E-state index >= 15 is 0 Å². The Morgan fingerprint density at radius 1 is 0.500 bits per heavy atom. The summed E-state index contributed by atoms with van der Waals surface area (Å²) in [6.45, 7) is 4.43. The third kappa shape index (κ3) is 34.9. The molecule has 0 amide bonds. The molecule has 4 nitrogen and oxygen atoms in total. The van der Waals surface area contributed by atoms with E-state index in [2.05, 4.69) is 38.2 Å². The number of allylic oxidation sites excluding steroid dienone is 4. The molecule has 44 heavy (non-hydrogen) atoms. The van der Waals surface area contributed by atoms with E-state index < -0.39 is 5.97 Å². The van der Waals surface area contributed by atoms with Crippen molar-refractivity contribution in [2.24, 2.45) is 0 Å². The number of esters is 1. The Morgan fingerprint density at radius 3 is 1.41 bits per heavy atom. The van der Waals surface area contributed by atoms with Crippen molar-refractivity contribution in [1.82, 2.24) is 0 Å². The quantitative estimate of drug-likeness (QED) is 0.0436. The number of ether oxygens (including phenoxy) is 1. The van der Waals surface area contributed by atoms with Crippen LogP contribution < -0.4 is 0 Å². The molecule has 4 heteroatoms. The molecule has 0 aliphatic rings. The lowest BCUT2D eigenvalue weighted by Gasteiger charge is -2.17.